The van der Waals surface area contributed by atoms with Gasteiger partial charge in [-0.2, -0.15) is 5.10 Å². The second-order valence-corrected chi connectivity index (χ2v) is 5.33. The summed E-state index contributed by atoms with van der Waals surface area (Å²) in [6.45, 7) is 3.87. The minimum Gasteiger partial charge on any atom is -0.461 e. The molecule has 0 bridgehead atoms. The smallest absolute Gasteiger partial charge is 0.355 e. The van der Waals surface area contributed by atoms with E-state index in [4.69, 9.17) is 4.74 Å². The van der Waals surface area contributed by atoms with E-state index < -0.39 is 29.7 Å². The van der Waals surface area contributed by atoms with Crippen molar-refractivity contribution in [2.45, 2.75) is 26.3 Å². The number of ether oxygens (including phenoxy) is 1. The van der Waals surface area contributed by atoms with Crippen molar-refractivity contribution in [1.82, 2.24) is 5.43 Å². The summed E-state index contributed by atoms with van der Waals surface area (Å²) in [5.41, 5.74) is 4.15. The summed E-state index contributed by atoms with van der Waals surface area (Å²) < 4.78 is 4.90. The minimum absolute atomic E-state index is 0.0390. The van der Waals surface area contributed by atoms with Crippen molar-refractivity contribution in [3.8, 4) is 0 Å². The van der Waals surface area contributed by atoms with Gasteiger partial charge in [0.15, 0.2) is 5.71 Å². The molecular formula is C16H17N3O4. The molecule has 0 aliphatic carbocycles. The zero-order valence-electron chi connectivity index (χ0n) is 12.9. The number of imide groups is 1. The molecular weight excluding hydrogens is 298 g/mol. The molecule has 2 atom stereocenters. The molecule has 23 heavy (non-hydrogen) atoms. The zero-order valence-corrected chi connectivity index (χ0v) is 12.9. The zero-order chi connectivity index (χ0) is 16.6. The third-order valence-electron chi connectivity index (χ3n) is 4.01. The first-order valence-corrected chi connectivity index (χ1v) is 7.55. The van der Waals surface area contributed by atoms with Crippen molar-refractivity contribution in [2.75, 3.05) is 11.5 Å². The summed E-state index contributed by atoms with van der Waals surface area (Å²) in [5, 5.41) is 3.82. The Hall–Kier alpha value is -2.70. The Morgan fingerprint density at radius 3 is 2.52 bits per heavy atom. The van der Waals surface area contributed by atoms with Gasteiger partial charge >= 0.3 is 5.97 Å². The third-order valence-corrected chi connectivity index (χ3v) is 4.01. The molecule has 0 saturated carbocycles. The number of benzene rings is 1. The molecule has 0 aromatic heterocycles. The van der Waals surface area contributed by atoms with E-state index in [0.717, 1.165) is 16.9 Å². The second kappa shape index (κ2) is 5.83. The maximum Gasteiger partial charge on any atom is 0.355 e. The lowest BCUT2D eigenvalue weighted by Crippen LogP contribution is -2.36. The van der Waals surface area contributed by atoms with Crippen molar-refractivity contribution in [3.05, 3.63) is 29.8 Å². The minimum atomic E-state index is -0.924. The number of esters is 1. The quantitative estimate of drug-likeness (QED) is 0.650. The number of carbonyl (C=O) groups is 3. The van der Waals surface area contributed by atoms with E-state index in [9.17, 15) is 14.4 Å². The summed E-state index contributed by atoms with van der Waals surface area (Å²) in [5.74, 6) is -2.46. The SMILES string of the molecule is CCOC(=O)C1=NNC2C(=O)N(c3ccc(CC)cc3)C(=O)C12. The first-order valence-electron chi connectivity index (χ1n) is 7.55. The van der Waals surface area contributed by atoms with Gasteiger partial charge in [-0.25, -0.2) is 9.69 Å². The third kappa shape index (κ3) is 2.38. The molecule has 7 nitrogen and oxygen atoms in total. The fraction of sp³-hybridized carbons (Fsp3) is 0.375. The molecule has 0 spiro atoms. The highest BCUT2D eigenvalue weighted by molar-refractivity contribution is 6.46. The Kier molecular flexibility index (Phi) is 3.85. The van der Waals surface area contributed by atoms with Crippen LogP contribution in [0, 0.1) is 5.92 Å². The molecule has 1 fully saturated rings. The van der Waals surface area contributed by atoms with Crippen LogP contribution >= 0.6 is 0 Å². The molecule has 2 heterocycles. The van der Waals surface area contributed by atoms with Gasteiger partial charge in [-0.15, -0.1) is 0 Å². The van der Waals surface area contributed by atoms with Crippen LogP contribution in [0.1, 0.15) is 19.4 Å². The van der Waals surface area contributed by atoms with Crippen LogP contribution in [-0.2, 0) is 25.5 Å². The Balaban J connectivity index is 1.88. The van der Waals surface area contributed by atoms with Gasteiger partial charge in [-0.05, 0) is 31.0 Å². The summed E-state index contributed by atoms with van der Waals surface area (Å²) in [6, 6.07) is 6.37. The molecule has 1 aromatic rings. The molecule has 1 N–H and O–H groups in total. The molecule has 2 aliphatic rings. The second-order valence-electron chi connectivity index (χ2n) is 5.33. The predicted octanol–water partition coefficient (Wildman–Crippen LogP) is 0.629. The van der Waals surface area contributed by atoms with Crippen LogP contribution in [0.4, 0.5) is 5.69 Å². The fourth-order valence-corrected chi connectivity index (χ4v) is 2.80. The number of fused-ring (bicyclic) bond motifs is 1. The maximum atomic E-state index is 12.6. The van der Waals surface area contributed by atoms with Gasteiger partial charge < -0.3 is 4.74 Å². The molecule has 0 radical (unpaired) electrons. The maximum absolute atomic E-state index is 12.6. The van der Waals surface area contributed by atoms with Crippen LogP contribution in [0.2, 0.25) is 0 Å². The van der Waals surface area contributed by atoms with Crippen LogP contribution in [0.15, 0.2) is 29.4 Å². The van der Waals surface area contributed by atoms with Crippen molar-refractivity contribution in [2.24, 2.45) is 11.0 Å². The van der Waals surface area contributed by atoms with Crippen LogP contribution in [0.5, 0.6) is 0 Å². The summed E-state index contributed by atoms with van der Waals surface area (Å²) in [7, 11) is 0. The average Bonchev–Trinajstić information content (AvgIpc) is 3.09. The van der Waals surface area contributed by atoms with Crippen LogP contribution < -0.4 is 10.3 Å². The van der Waals surface area contributed by atoms with Crippen molar-refractivity contribution in [1.29, 1.82) is 0 Å². The number of carbonyl (C=O) groups excluding carboxylic acids is 3. The summed E-state index contributed by atoms with van der Waals surface area (Å²) in [6.07, 6.45) is 0.870. The summed E-state index contributed by atoms with van der Waals surface area (Å²) in [4.78, 5) is 38.1. The molecule has 7 heteroatoms. The lowest BCUT2D eigenvalue weighted by molar-refractivity contribution is -0.136. The molecule has 1 aromatic carbocycles. The molecule has 2 amide bonds. The van der Waals surface area contributed by atoms with Gasteiger partial charge in [0.2, 0.25) is 5.91 Å². The first kappa shape index (κ1) is 15.2. The van der Waals surface area contributed by atoms with Crippen molar-refractivity contribution >= 4 is 29.2 Å². The van der Waals surface area contributed by atoms with E-state index >= 15 is 0 Å². The molecule has 2 aliphatic heterocycles. The number of anilines is 1. The number of nitrogens with zero attached hydrogens (tertiary/aromatic N) is 2. The van der Waals surface area contributed by atoms with Crippen LogP contribution in [-0.4, -0.2) is 36.1 Å². The monoisotopic (exact) mass is 315 g/mol. The number of amides is 2. The molecule has 3 rings (SSSR count). The Morgan fingerprint density at radius 2 is 1.91 bits per heavy atom. The largest absolute Gasteiger partial charge is 0.461 e. The highest BCUT2D eigenvalue weighted by atomic mass is 16.5. The van der Waals surface area contributed by atoms with Crippen molar-refractivity contribution < 1.29 is 19.1 Å². The number of hydrogen-bond donors (Lipinski definition) is 1. The first-order chi connectivity index (χ1) is 11.1. The number of hydrogen-bond acceptors (Lipinski definition) is 6. The van der Waals surface area contributed by atoms with Gasteiger partial charge in [0.1, 0.15) is 12.0 Å². The van der Waals surface area contributed by atoms with E-state index in [0.29, 0.717) is 5.69 Å². The number of rotatable bonds is 4. The molecule has 120 valence electrons. The van der Waals surface area contributed by atoms with E-state index in [1.165, 1.54) is 0 Å². The van der Waals surface area contributed by atoms with Gasteiger partial charge in [-0.1, -0.05) is 19.1 Å². The van der Waals surface area contributed by atoms with E-state index in [1.54, 1.807) is 19.1 Å². The predicted molar refractivity (Wildman–Crippen MR) is 82.8 cm³/mol. The highest BCUT2D eigenvalue weighted by Crippen LogP contribution is 2.31. The van der Waals surface area contributed by atoms with Crippen molar-refractivity contribution in [3.63, 3.8) is 0 Å². The normalized spacial score (nSPS) is 22.7. The number of nitrogens with one attached hydrogen (secondary N) is 1. The Labute approximate surface area is 133 Å². The summed E-state index contributed by atoms with van der Waals surface area (Å²) >= 11 is 0. The number of aryl methyl sites for hydroxylation is 1. The molecule has 2 unspecified atom stereocenters. The van der Waals surface area contributed by atoms with E-state index in [-0.39, 0.29) is 12.3 Å². The van der Waals surface area contributed by atoms with Gasteiger partial charge in [0.25, 0.3) is 5.91 Å². The number of hydrazone groups is 1. The van der Waals surface area contributed by atoms with E-state index in [1.807, 2.05) is 19.1 Å². The van der Waals surface area contributed by atoms with Crippen LogP contribution in [0.25, 0.3) is 0 Å². The lowest BCUT2D eigenvalue weighted by Gasteiger charge is -2.16. The van der Waals surface area contributed by atoms with Gasteiger partial charge in [-0.3, -0.25) is 15.0 Å². The molecule has 1 saturated heterocycles. The van der Waals surface area contributed by atoms with Gasteiger partial charge in [0, 0.05) is 0 Å². The Morgan fingerprint density at radius 1 is 1.22 bits per heavy atom. The standard InChI is InChI=1S/C16H17N3O4/c1-3-9-5-7-10(8-6-9)19-14(20)11-12(15(19)21)17-18-13(11)16(22)23-4-2/h5-8,11-12,17H,3-4H2,1-2H3. The average molecular weight is 315 g/mol. The highest BCUT2D eigenvalue weighted by Gasteiger charge is 2.55. The fourth-order valence-electron chi connectivity index (χ4n) is 2.80. The van der Waals surface area contributed by atoms with E-state index in [2.05, 4.69) is 10.5 Å². The lowest BCUT2D eigenvalue weighted by atomic mass is 9.99. The Bertz CT molecular complexity index is 696. The van der Waals surface area contributed by atoms with Crippen LogP contribution in [0.3, 0.4) is 0 Å². The topological polar surface area (TPSA) is 88.1 Å². The van der Waals surface area contributed by atoms with Gasteiger partial charge in [0.05, 0.1) is 12.3 Å².